The maximum atomic E-state index is 12.2. The van der Waals surface area contributed by atoms with E-state index in [4.69, 9.17) is 5.73 Å². The number of hydrogen-bond acceptors (Lipinski definition) is 6. The molecule has 3 aromatic rings. The molecule has 1 aromatic heterocycles. The molecule has 5 N–H and O–H groups in total. The van der Waals surface area contributed by atoms with Gasteiger partial charge in [-0.05, 0) is 60.6 Å². The summed E-state index contributed by atoms with van der Waals surface area (Å²) in [6, 6.07) is 11.6. The number of aromatic nitrogens is 2. The number of anilines is 4. The minimum Gasteiger partial charge on any atom is -0.365 e. The van der Waals surface area contributed by atoms with Crippen molar-refractivity contribution in [2.75, 3.05) is 17.2 Å². The summed E-state index contributed by atoms with van der Waals surface area (Å²) in [6.07, 6.45) is 5.33. The van der Waals surface area contributed by atoms with E-state index >= 15 is 0 Å². The van der Waals surface area contributed by atoms with Crippen LogP contribution < -0.4 is 21.7 Å². The summed E-state index contributed by atoms with van der Waals surface area (Å²) in [6.45, 7) is 0.558. The Bertz CT molecular complexity index is 1210. The number of nitrogens with zero attached hydrogens (tertiary/aromatic N) is 2. The first kappa shape index (κ1) is 19.0. The molecule has 2 aromatic carbocycles. The standard InChI is InChI=1S/C23H22N6O2/c24-20(30)17-12-26-23(28-18-8-2-5-13-4-1-6-14(13)18)29-21(17)27-19-9-3-7-16-15(19)10-11-25-22(16)31/h2-3,5,7-9,12H,1,4,6,10-11H2,(H2,24,30)(H,25,31)(H2,26,27,28,29). The van der Waals surface area contributed by atoms with Crippen LogP contribution in [0.3, 0.4) is 0 Å². The average molecular weight is 414 g/mol. The Hall–Kier alpha value is -3.94. The van der Waals surface area contributed by atoms with Gasteiger partial charge in [-0.3, -0.25) is 9.59 Å². The average Bonchev–Trinajstić information content (AvgIpc) is 3.25. The smallest absolute Gasteiger partial charge is 0.254 e. The topological polar surface area (TPSA) is 122 Å². The molecular formula is C23H22N6O2. The highest BCUT2D eigenvalue weighted by Crippen LogP contribution is 2.31. The fourth-order valence-electron chi connectivity index (χ4n) is 4.28. The van der Waals surface area contributed by atoms with Gasteiger partial charge >= 0.3 is 0 Å². The molecule has 1 aliphatic heterocycles. The van der Waals surface area contributed by atoms with Gasteiger partial charge in [0.15, 0.2) is 0 Å². The second kappa shape index (κ2) is 7.71. The van der Waals surface area contributed by atoms with Gasteiger partial charge in [-0.1, -0.05) is 18.2 Å². The zero-order valence-corrected chi connectivity index (χ0v) is 16.9. The van der Waals surface area contributed by atoms with Gasteiger partial charge in [0.2, 0.25) is 5.95 Å². The molecule has 0 atom stereocenters. The molecule has 2 amide bonds. The summed E-state index contributed by atoms with van der Waals surface area (Å²) < 4.78 is 0. The van der Waals surface area contributed by atoms with Crippen LogP contribution in [0.15, 0.2) is 42.6 Å². The maximum absolute atomic E-state index is 12.2. The van der Waals surface area contributed by atoms with Gasteiger partial charge < -0.3 is 21.7 Å². The van der Waals surface area contributed by atoms with Gasteiger partial charge in [-0.25, -0.2) is 4.98 Å². The van der Waals surface area contributed by atoms with E-state index in [0.717, 1.165) is 36.2 Å². The number of nitrogens with two attached hydrogens (primary N) is 1. The van der Waals surface area contributed by atoms with Crippen molar-refractivity contribution in [3.63, 3.8) is 0 Å². The molecule has 0 saturated carbocycles. The van der Waals surface area contributed by atoms with Crippen molar-refractivity contribution >= 4 is 35.0 Å². The second-order valence-corrected chi connectivity index (χ2v) is 7.70. The Kier molecular flexibility index (Phi) is 4.74. The van der Waals surface area contributed by atoms with Crippen molar-refractivity contribution in [1.29, 1.82) is 0 Å². The van der Waals surface area contributed by atoms with E-state index in [9.17, 15) is 9.59 Å². The molecule has 0 unspecified atom stereocenters. The maximum Gasteiger partial charge on any atom is 0.254 e. The van der Waals surface area contributed by atoms with Crippen molar-refractivity contribution in [3.8, 4) is 0 Å². The summed E-state index contributed by atoms with van der Waals surface area (Å²) in [5.41, 5.74) is 11.6. The van der Waals surface area contributed by atoms with Crippen molar-refractivity contribution < 1.29 is 9.59 Å². The molecule has 31 heavy (non-hydrogen) atoms. The molecule has 0 bridgehead atoms. The summed E-state index contributed by atoms with van der Waals surface area (Å²) >= 11 is 0. The van der Waals surface area contributed by atoms with Crippen LogP contribution in [0.1, 0.15) is 43.8 Å². The summed E-state index contributed by atoms with van der Waals surface area (Å²) in [5.74, 6) is -0.0625. The van der Waals surface area contributed by atoms with E-state index in [-0.39, 0.29) is 11.5 Å². The third-order valence-electron chi connectivity index (χ3n) is 5.78. The molecular weight excluding hydrogens is 392 g/mol. The predicted molar refractivity (Wildman–Crippen MR) is 118 cm³/mol. The van der Waals surface area contributed by atoms with Crippen molar-refractivity contribution in [1.82, 2.24) is 15.3 Å². The van der Waals surface area contributed by atoms with E-state index in [0.29, 0.717) is 30.3 Å². The summed E-state index contributed by atoms with van der Waals surface area (Å²) in [4.78, 5) is 33.0. The summed E-state index contributed by atoms with van der Waals surface area (Å²) in [5, 5.41) is 9.34. The number of fused-ring (bicyclic) bond motifs is 2. The monoisotopic (exact) mass is 414 g/mol. The minimum atomic E-state index is -0.628. The van der Waals surface area contributed by atoms with E-state index in [2.05, 4.69) is 32.0 Å². The van der Waals surface area contributed by atoms with Gasteiger partial charge in [0, 0.05) is 29.7 Å². The van der Waals surface area contributed by atoms with Crippen LogP contribution in [-0.4, -0.2) is 28.3 Å². The molecule has 8 heteroatoms. The number of carbonyl (C=O) groups is 2. The quantitative estimate of drug-likeness (QED) is 0.509. The zero-order valence-electron chi connectivity index (χ0n) is 16.9. The first-order valence-electron chi connectivity index (χ1n) is 10.3. The molecule has 0 fully saturated rings. The number of aryl methyl sites for hydroxylation is 1. The number of carbonyl (C=O) groups excluding carboxylic acids is 2. The van der Waals surface area contributed by atoms with Gasteiger partial charge in [-0.15, -0.1) is 0 Å². The SMILES string of the molecule is NC(=O)c1cnc(Nc2cccc3c2CCC3)nc1Nc1cccc2c1CCNC2=O. The molecule has 8 nitrogen and oxygen atoms in total. The highest BCUT2D eigenvalue weighted by atomic mass is 16.2. The first-order chi connectivity index (χ1) is 15.1. The molecule has 0 spiro atoms. The summed E-state index contributed by atoms with van der Waals surface area (Å²) in [7, 11) is 0. The number of rotatable bonds is 5. The van der Waals surface area contributed by atoms with E-state index in [1.165, 1.54) is 17.3 Å². The van der Waals surface area contributed by atoms with Crippen molar-refractivity contribution in [2.45, 2.75) is 25.7 Å². The third-order valence-corrected chi connectivity index (χ3v) is 5.78. The molecule has 5 rings (SSSR count). The number of nitrogens with one attached hydrogen (secondary N) is 3. The lowest BCUT2D eigenvalue weighted by Gasteiger charge is -2.21. The third kappa shape index (κ3) is 3.56. The van der Waals surface area contributed by atoms with Crippen LogP contribution in [-0.2, 0) is 19.3 Å². The van der Waals surface area contributed by atoms with Gasteiger partial charge in [0.1, 0.15) is 11.4 Å². The van der Waals surface area contributed by atoms with Crippen LogP contribution in [0.25, 0.3) is 0 Å². The van der Waals surface area contributed by atoms with Crippen LogP contribution in [0.4, 0.5) is 23.1 Å². The predicted octanol–water partition coefficient (Wildman–Crippen LogP) is 2.84. The first-order valence-corrected chi connectivity index (χ1v) is 10.3. The van der Waals surface area contributed by atoms with Crippen LogP contribution in [0.2, 0.25) is 0 Å². The van der Waals surface area contributed by atoms with Gasteiger partial charge in [0.25, 0.3) is 11.8 Å². The fraction of sp³-hybridized carbons (Fsp3) is 0.217. The van der Waals surface area contributed by atoms with Gasteiger partial charge in [0.05, 0.1) is 0 Å². The van der Waals surface area contributed by atoms with Crippen LogP contribution in [0, 0.1) is 0 Å². The highest BCUT2D eigenvalue weighted by molar-refractivity contribution is 6.00. The second-order valence-electron chi connectivity index (χ2n) is 7.70. The zero-order chi connectivity index (χ0) is 21.4. The Morgan fingerprint density at radius 2 is 1.81 bits per heavy atom. The lowest BCUT2D eigenvalue weighted by Crippen LogP contribution is -2.32. The van der Waals surface area contributed by atoms with Crippen molar-refractivity contribution in [3.05, 3.63) is 70.4 Å². The molecule has 2 aliphatic rings. The van der Waals surface area contributed by atoms with Crippen LogP contribution >= 0.6 is 0 Å². The van der Waals surface area contributed by atoms with Gasteiger partial charge in [-0.2, -0.15) is 4.98 Å². The largest absolute Gasteiger partial charge is 0.365 e. The molecule has 1 aliphatic carbocycles. The molecule has 0 radical (unpaired) electrons. The van der Waals surface area contributed by atoms with E-state index in [1.807, 2.05) is 18.2 Å². The molecule has 0 saturated heterocycles. The minimum absolute atomic E-state index is 0.108. The van der Waals surface area contributed by atoms with Crippen molar-refractivity contribution in [2.24, 2.45) is 5.73 Å². The highest BCUT2D eigenvalue weighted by Gasteiger charge is 2.21. The Morgan fingerprint density at radius 3 is 2.65 bits per heavy atom. The lowest BCUT2D eigenvalue weighted by molar-refractivity contribution is 0.0944. The van der Waals surface area contributed by atoms with Crippen LogP contribution in [0.5, 0.6) is 0 Å². The Balaban J connectivity index is 1.50. The Morgan fingerprint density at radius 1 is 1.00 bits per heavy atom. The molecule has 2 heterocycles. The van der Waals surface area contributed by atoms with E-state index in [1.54, 1.807) is 12.1 Å². The Labute approximate surface area is 179 Å². The van der Waals surface area contributed by atoms with E-state index < -0.39 is 5.91 Å². The molecule has 156 valence electrons. The number of benzene rings is 2. The number of primary amides is 1. The number of hydrogen-bond donors (Lipinski definition) is 4. The number of amides is 2. The lowest BCUT2D eigenvalue weighted by atomic mass is 9.98. The fourth-order valence-corrected chi connectivity index (χ4v) is 4.28. The normalized spacial score (nSPS) is 14.4.